The maximum absolute atomic E-state index is 13.0. The van der Waals surface area contributed by atoms with Crippen LogP contribution in [0.15, 0.2) is 12.7 Å². The Bertz CT molecular complexity index is 745. The fourth-order valence-electron chi connectivity index (χ4n) is 5.85. The molecular formula is C17H26N4O3S. The molecule has 1 heterocycles. The molecule has 0 aromatic carbocycles. The monoisotopic (exact) mass is 366 g/mol. The molecule has 0 radical (unpaired) electrons. The predicted molar refractivity (Wildman–Crippen MR) is 92.4 cm³/mol. The third kappa shape index (κ3) is 2.88. The highest BCUT2D eigenvalue weighted by Crippen LogP contribution is 2.64. The average molecular weight is 366 g/mol. The second kappa shape index (κ2) is 5.79. The van der Waals surface area contributed by atoms with E-state index in [1.54, 1.807) is 19.6 Å². The van der Waals surface area contributed by atoms with Gasteiger partial charge in [0, 0.05) is 12.3 Å². The molecule has 8 heteroatoms. The van der Waals surface area contributed by atoms with Crippen LogP contribution < -0.4 is 5.32 Å². The summed E-state index contributed by atoms with van der Waals surface area (Å²) >= 11 is 0. The summed E-state index contributed by atoms with van der Waals surface area (Å²) in [7, 11) is -3.06. The van der Waals surface area contributed by atoms with Crippen molar-refractivity contribution in [1.29, 1.82) is 0 Å². The van der Waals surface area contributed by atoms with Crippen molar-refractivity contribution >= 4 is 15.7 Å². The summed E-state index contributed by atoms with van der Waals surface area (Å²) in [6, 6.07) is 0. The molecule has 2 unspecified atom stereocenters. The Balaban J connectivity index is 1.52. The van der Waals surface area contributed by atoms with Crippen molar-refractivity contribution in [3.8, 4) is 0 Å². The lowest BCUT2D eigenvalue weighted by Gasteiger charge is -2.60. The molecule has 4 saturated carbocycles. The molecular weight excluding hydrogens is 340 g/mol. The molecule has 4 bridgehead atoms. The Morgan fingerprint density at radius 2 is 2.00 bits per heavy atom. The Morgan fingerprint density at radius 1 is 1.28 bits per heavy atom. The number of nitrogens with zero attached hydrogens (tertiary/aromatic N) is 3. The number of carbonyl (C=O) groups is 1. The van der Waals surface area contributed by atoms with E-state index in [0.717, 1.165) is 32.1 Å². The fraction of sp³-hybridized carbons (Fsp3) is 0.824. The van der Waals surface area contributed by atoms with Gasteiger partial charge in [-0.05, 0) is 50.4 Å². The van der Waals surface area contributed by atoms with Crippen LogP contribution in [0.25, 0.3) is 0 Å². The van der Waals surface area contributed by atoms with Crippen molar-refractivity contribution in [3.05, 3.63) is 12.7 Å². The van der Waals surface area contributed by atoms with Gasteiger partial charge in [0.1, 0.15) is 12.7 Å². The molecule has 0 aliphatic heterocycles. The Kier molecular flexibility index (Phi) is 3.94. The van der Waals surface area contributed by atoms with Gasteiger partial charge in [-0.15, -0.1) is 0 Å². The van der Waals surface area contributed by atoms with Crippen molar-refractivity contribution in [2.24, 2.45) is 17.3 Å². The van der Waals surface area contributed by atoms with E-state index in [-0.39, 0.29) is 34.9 Å². The molecule has 1 aromatic rings. The molecule has 1 N–H and O–H groups in total. The summed E-state index contributed by atoms with van der Waals surface area (Å²) < 4.78 is 25.3. The Labute approximate surface area is 148 Å². The molecule has 1 amide bonds. The summed E-state index contributed by atoms with van der Waals surface area (Å²) in [5, 5.41) is 7.33. The van der Waals surface area contributed by atoms with E-state index in [9.17, 15) is 13.2 Å². The van der Waals surface area contributed by atoms with Gasteiger partial charge < -0.3 is 5.32 Å². The minimum atomic E-state index is -3.06. The number of rotatable bonds is 6. The van der Waals surface area contributed by atoms with Gasteiger partial charge in [0.15, 0.2) is 9.84 Å². The summed E-state index contributed by atoms with van der Waals surface area (Å²) in [6.45, 7) is 1.85. The Morgan fingerprint density at radius 3 is 2.60 bits per heavy atom. The molecule has 4 aliphatic carbocycles. The zero-order valence-electron chi connectivity index (χ0n) is 14.6. The van der Waals surface area contributed by atoms with Crippen LogP contribution in [0.2, 0.25) is 0 Å². The van der Waals surface area contributed by atoms with Crippen LogP contribution in [0.3, 0.4) is 0 Å². The van der Waals surface area contributed by atoms with Crippen molar-refractivity contribution in [3.63, 3.8) is 0 Å². The SMILES string of the molecule is CCS(=O)(=O)CCNC(=O)C12C[C@H]3C[C@@H](C1)CC(n1cncn1)(C3)C2. The smallest absolute Gasteiger partial charge is 0.226 e. The lowest BCUT2D eigenvalue weighted by Crippen LogP contribution is -2.61. The first-order chi connectivity index (χ1) is 11.9. The van der Waals surface area contributed by atoms with E-state index < -0.39 is 9.84 Å². The van der Waals surface area contributed by atoms with Crippen LogP contribution in [-0.2, 0) is 20.2 Å². The number of aromatic nitrogens is 3. The minimum absolute atomic E-state index is 0.0202. The van der Waals surface area contributed by atoms with Crippen LogP contribution in [0, 0.1) is 17.3 Å². The number of hydrogen-bond acceptors (Lipinski definition) is 5. The summed E-state index contributed by atoms with van der Waals surface area (Å²) in [6.07, 6.45) is 9.35. The third-order valence-corrected chi connectivity index (χ3v) is 8.26. The summed E-state index contributed by atoms with van der Waals surface area (Å²) in [4.78, 5) is 17.1. The Hall–Kier alpha value is -1.44. The zero-order chi connectivity index (χ0) is 17.7. The third-order valence-electron chi connectivity index (χ3n) is 6.56. The van der Waals surface area contributed by atoms with Crippen molar-refractivity contribution < 1.29 is 13.2 Å². The van der Waals surface area contributed by atoms with Crippen LogP contribution in [0.5, 0.6) is 0 Å². The summed E-state index contributed by atoms with van der Waals surface area (Å²) in [5.41, 5.74) is -0.459. The standard InChI is InChI=1S/C17H26N4O3S/c1-2-25(23,24)4-3-19-15(22)16-6-13-5-14(7-16)9-17(8-13,10-16)21-12-18-11-20-21/h11-14H,2-10H2,1H3,(H,19,22)/t13-,14+,16?,17?. The zero-order valence-corrected chi connectivity index (χ0v) is 15.5. The molecule has 4 fully saturated rings. The summed E-state index contributed by atoms with van der Waals surface area (Å²) in [5.74, 6) is 1.28. The largest absolute Gasteiger partial charge is 0.355 e. The van der Waals surface area contributed by atoms with E-state index in [1.807, 2.05) is 4.68 Å². The van der Waals surface area contributed by atoms with Gasteiger partial charge >= 0.3 is 0 Å². The second-order valence-corrected chi connectivity index (χ2v) is 10.8. The number of sulfone groups is 1. The van der Waals surface area contributed by atoms with Crippen LogP contribution in [0.1, 0.15) is 45.4 Å². The first kappa shape index (κ1) is 17.0. The van der Waals surface area contributed by atoms with Gasteiger partial charge in [-0.3, -0.25) is 4.79 Å². The average Bonchev–Trinajstić information content (AvgIpc) is 3.08. The normalized spacial score (nSPS) is 36.5. The maximum atomic E-state index is 13.0. The topological polar surface area (TPSA) is 94.0 Å². The van der Waals surface area contributed by atoms with Gasteiger partial charge in [-0.25, -0.2) is 18.1 Å². The molecule has 5 rings (SSSR count). The van der Waals surface area contributed by atoms with Gasteiger partial charge in [-0.2, -0.15) is 5.10 Å². The molecule has 7 nitrogen and oxygen atoms in total. The van der Waals surface area contributed by atoms with Crippen LogP contribution in [0.4, 0.5) is 0 Å². The van der Waals surface area contributed by atoms with Gasteiger partial charge in [0.2, 0.25) is 5.91 Å². The van der Waals surface area contributed by atoms with E-state index in [4.69, 9.17) is 0 Å². The lowest BCUT2D eigenvalue weighted by molar-refractivity contribution is -0.155. The number of hydrogen-bond donors (Lipinski definition) is 1. The highest BCUT2D eigenvalue weighted by atomic mass is 32.2. The van der Waals surface area contributed by atoms with Gasteiger partial charge in [-0.1, -0.05) is 6.92 Å². The molecule has 138 valence electrons. The highest BCUT2D eigenvalue weighted by Gasteiger charge is 2.61. The van der Waals surface area contributed by atoms with Crippen LogP contribution in [-0.4, -0.2) is 47.1 Å². The van der Waals surface area contributed by atoms with E-state index >= 15 is 0 Å². The lowest BCUT2D eigenvalue weighted by atomic mass is 9.46. The van der Waals surface area contributed by atoms with Gasteiger partial charge in [0.25, 0.3) is 0 Å². The highest BCUT2D eigenvalue weighted by molar-refractivity contribution is 7.91. The fourth-order valence-corrected chi connectivity index (χ4v) is 6.55. The van der Waals surface area contributed by atoms with Crippen molar-refractivity contribution in [1.82, 2.24) is 20.1 Å². The molecule has 4 aliphatic rings. The first-order valence-corrected chi connectivity index (χ1v) is 11.0. The van der Waals surface area contributed by atoms with Crippen molar-refractivity contribution in [2.45, 2.75) is 51.0 Å². The van der Waals surface area contributed by atoms with E-state index in [0.29, 0.717) is 11.8 Å². The number of amides is 1. The molecule has 0 saturated heterocycles. The molecule has 1 aromatic heterocycles. The quantitative estimate of drug-likeness (QED) is 0.814. The molecule has 25 heavy (non-hydrogen) atoms. The second-order valence-electron chi connectivity index (χ2n) is 8.30. The minimum Gasteiger partial charge on any atom is -0.355 e. The van der Waals surface area contributed by atoms with E-state index in [2.05, 4.69) is 15.4 Å². The van der Waals surface area contributed by atoms with Crippen LogP contribution >= 0.6 is 0 Å². The molecule has 0 spiro atoms. The maximum Gasteiger partial charge on any atom is 0.226 e. The number of carbonyl (C=O) groups excluding carboxylic acids is 1. The van der Waals surface area contributed by atoms with Crippen molar-refractivity contribution in [2.75, 3.05) is 18.1 Å². The number of nitrogens with one attached hydrogen (secondary N) is 1. The predicted octanol–water partition coefficient (Wildman–Crippen LogP) is 1.12. The van der Waals surface area contributed by atoms with E-state index in [1.165, 1.54) is 6.42 Å². The first-order valence-electron chi connectivity index (χ1n) is 9.20. The van der Waals surface area contributed by atoms with Gasteiger partial charge in [0.05, 0.1) is 16.7 Å². The molecule has 4 atom stereocenters.